The Morgan fingerprint density at radius 1 is 1.23 bits per heavy atom. The first kappa shape index (κ1) is 30.7. The van der Waals surface area contributed by atoms with E-state index in [1.165, 1.54) is 11.8 Å². The van der Waals surface area contributed by atoms with Gasteiger partial charge in [0.05, 0.1) is 30.7 Å². The maximum atomic E-state index is 13.8. The molecule has 0 spiro atoms. The van der Waals surface area contributed by atoms with Crippen molar-refractivity contribution in [3.05, 3.63) is 70.7 Å². The zero-order chi connectivity index (χ0) is 28.9. The van der Waals surface area contributed by atoms with Crippen LogP contribution in [0.1, 0.15) is 98.9 Å². The number of aliphatic hydroxyl groups excluding tert-OH is 3. The van der Waals surface area contributed by atoms with Crippen LogP contribution in [-0.2, 0) is 6.42 Å². The topological polar surface area (TPSA) is 114 Å². The van der Waals surface area contributed by atoms with Crippen molar-refractivity contribution < 1.29 is 29.6 Å². The number of nitrogens with zero attached hydrogens (tertiary/aromatic N) is 1. The Hall–Kier alpha value is -2.29. The molecule has 220 valence electrons. The highest BCUT2D eigenvalue weighted by atomic mass is 16.3. The van der Waals surface area contributed by atoms with E-state index in [-0.39, 0.29) is 24.1 Å². The van der Waals surface area contributed by atoms with Gasteiger partial charge in [-0.05, 0) is 100 Å². The van der Waals surface area contributed by atoms with Crippen molar-refractivity contribution in [2.45, 2.75) is 95.9 Å². The average Bonchev–Trinajstić information content (AvgIpc) is 3.54. The zero-order valence-corrected chi connectivity index (χ0v) is 24.3. The summed E-state index contributed by atoms with van der Waals surface area (Å²) in [6.45, 7) is 7.41. The molecule has 3 aliphatic carbocycles. The summed E-state index contributed by atoms with van der Waals surface area (Å²) < 4.78 is 5.51. The first-order valence-electron chi connectivity index (χ1n) is 14.9. The molecular weight excluding hydrogens is 506 g/mol. The van der Waals surface area contributed by atoms with Gasteiger partial charge in [0, 0.05) is 24.1 Å². The number of allylic oxidation sites excluding steroid dienone is 2. The highest BCUT2D eigenvalue weighted by molar-refractivity contribution is 6.08. The number of benzene rings is 1. The minimum atomic E-state index is -1.05. The lowest BCUT2D eigenvalue weighted by Gasteiger charge is -2.46. The Kier molecular flexibility index (Phi) is 10.1. The molecule has 4 N–H and O–H groups in total. The molecule has 2 bridgehead atoms. The fourth-order valence-electron chi connectivity index (χ4n) is 7.01. The quantitative estimate of drug-likeness (QED) is 0.265. The molecule has 7 nitrogen and oxygen atoms in total. The molecule has 2 aromatic rings. The Morgan fingerprint density at radius 3 is 2.73 bits per heavy atom. The molecule has 1 aromatic carbocycles. The maximum Gasteiger partial charge on any atom is 0.228 e. The highest BCUT2D eigenvalue weighted by Gasteiger charge is 2.57. The Bertz CT molecular complexity index is 1160. The van der Waals surface area contributed by atoms with Crippen LogP contribution in [-0.4, -0.2) is 75.2 Å². The van der Waals surface area contributed by atoms with Crippen LogP contribution in [0.25, 0.3) is 0 Å². The van der Waals surface area contributed by atoms with E-state index in [0.717, 1.165) is 43.2 Å². The van der Waals surface area contributed by atoms with E-state index < -0.39 is 23.2 Å². The SMILES string of the molecule is CCCN(CC(O)CO)CC1(O)CCC2c3ccc(cc3C(=O)c3ccco3)CC(O)CCC(C)=CCCC21C. The summed E-state index contributed by atoms with van der Waals surface area (Å²) >= 11 is 0. The summed E-state index contributed by atoms with van der Waals surface area (Å²) in [5.41, 5.74) is 2.02. The van der Waals surface area contributed by atoms with Gasteiger partial charge in [0.1, 0.15) is 0 Å². The van der Waals surface area contributed by atoms with E-state index in [9.17, 15) is 25.2 Å². The largest absolute Gasteiger partial charge is 0.461 e. The lowest BCUT2D eigenvalue weighted by Crippen LogP contribution is -2.54. The number of hydrogen-bond acceptors (Lipinski definition) is 7. The number of carbonyl (C=O) groups is 1. The van der Waals surface area contributed by atoms with Crippen molar-refractivity contribution in [2.75, 3.05) is 26.2 Å². The number of carbonyl (C=O) groups excluding carboxylic acids is 1. The van der Waals surface area contributed by atoms with Crippen LogP contribution < -0.4 is 0 Å². The van der Waals surface area contributed by atoms with Crippen LogP contribution >= 0.6 is 0 Å². The van der Waals surface area contributed by atoms with Crippen molar-refractivity contribution >= 4 is 5.78 Å². The first-order valence-corrected chi connectivity index (χ1v) is 14.9. The lowest BCUT2D eigenvalue weighted by molar-refractivity contribution is -0.0891. The van der Waals surface area contributed by atoms with Crippen LogP contribution in [0.5, 0.6) is 0 Å². The van der Waals surface area contributed by atoms with Gasteiger partial charge in [0.15, 0.2) is 5.76 Å². The molecule has 0 amide bonds. The molecule has 1 aromatic heterocycles. The van der Waals surface area contributed by atoms with Crippen LogP contribution in [0, 0.1) is 5.41 Å². The summed E-state index contributed by atoms with van der Waals surface area (Å²) in [5.74, 6) is 0.0182. The predicted molar refractivity (Wildman–Crippen MR) is 155 cm³/mol. The van der Waals surface area contributed by atoms with Crippen LogP contribution in [0.3, 0.4) is 0 Å². The van der Waals surface area contributed by atoms with E-state index in [1.807, 2.05) is 18.2 Å². The normalized spacial score (nSPS) is 28.2. The molecule has 1 saturated carbocycles. The van der Waals surface area contributed by atoms with Gasteiger partial charge < -0.3 is 24.8 Å². The predicted octanol–water partition coefficient (Wildman–Crippen LogP) is 4.61. The van der Waals surface area contributed by atoms with Gasteiger partial charge in [-0.15, -0.1) is 0 Å². The second-order valence-electron chi connectivity index (χ2n) is 12.3. The second kappa shape index (κ2) is 13.1. The highest BCUT2D eigenvalue weighted by Crippen LogP contribution is 2.58. The second-order valence-corrected chi connectivity index (χ2v) is 12.3. The van der Waals surface area contributed by atoms with E-state index in [0.29, 0.717) is 44.5 Å². The smallest absolute Gasteiger partial charge is 0.228 e. The summed E-state index contributed by atoms with van der Waals surface area (Å²) in [6.07, 6.45) is 7.95. The molecule has 40 heavy (non-hydrogen) atoms. The molecular formula is C33H47NO6. The van der Waals surface area contributed by atoms with Gasteiger partial charge in [0.25, 0.3) is 0 Å². The molecule has 5 unspecified atom stereocenters. The van der Waals surface area contributed by atoms with E-state index in [1.54, 1.807) is 12.1 Å². The molecule has 3 aliphatic rings. The number of ketones is 1. The Morgan fingerprint density at radius 2 is 2.02 bits per heavy atom. The summed E-state index contributed by atoms with van der Waals surface area (Å²) in [4.78, 5) is 15.8. The number of hydrogen-bond donors (Lipinski definition) is 4. The molecule has 7 heteroatoms. The summed E-state index contributed by atoms with van der Waals surface area (Å²) in [5, 5.41) is 42.9. The van der Waals surface area contributed by atoms with Crippen molar-refractivity contribution in [1.82, 2.24) is 4.90 Å². The molecule has 1 heterocycles. The molecule has 0 aliphatic heterocycles. The van der Waals surface area contributed by atoms with Crippen LogP contribution in [0.4, 0.5) is 0 Å². The van der Waals surface area contributed by atoms with Crippen molar-refractivity contribution in [1.29, 1.82) is 0 Å². The molecule has 0 radical (unpaired) electrons. The third-order valence-electron chi connectivity index (χ3n) is 9.37. The Labute approximate surface area is 238 Å². The summed E-state index contributed by atoms with van der Waals surface area (Å²) in [6, 6.07) is 9.35. The van der Waals surface area contributed by atoms with E-state index >= 15 is 0 Å². The van der Waals surface area contributed by atoms with Gasteiger partial charge in [-0.3, -0.25) is 9.69 Å². The van der Waals surface area contributed by atoms with Gasteiger partial charge in [0.2, 0.25) is 5.78 Å². The molecule has 1 fully saturated rings. The number of furan rings is 1. The molecule has 5 rings (SSSR count). The molecule has 5 atom stereocenters. The van der Waals surface area contributed by atoms with E-state index in [2.05, 4.69) is 31.7 Å². The molecule has 0 saturated heterocycles. The standard InChI is InChI=1S/C33H47NO6/c1-4-16-34(20-26(37)21-35)22-33(39)15-13-29-27-12-10-24(19-28(27)31(38)30-8-6-17-40-30)18-25(36)11-9-23(2)7-5-14-32(29,33)3/h6-8,10,12,17,19,25-26,29,35-37,39H,4-5,9,11,13-16,18,20-22H2,1-3H3. The van der Waals surface area contributed by atoms with Crippen molar-refractivity contribution in [3.8, 4) is 0 Å². The maximum absolute atomic E-state index is 13.8. The van der Waals surface area contributed by atoms with Gasteiger partial charge >= 0.3 is 0 Å². The van der Waals surface area contributed by atoms with Crippen LogP contribution in [0.2, 0.25) is 0 Å². The lowest BCUT2D eigenvalue weighted by atomic mass is 9.64. The minimum Gasteiger partial charge on any atom is -0.461 e. The Balaban J connectivity index is 1.80. The number of rotatable bonds is 9. The average molecular weight is 554 g/mol. The van der Waals surface area contributed by atoms with Gasteiger partial charge in [-0.1, -0.05) is 37.6 Å². The fraction of sp³-hybridized carbons (Fsp3) is 0.606. The third-order valence-corrected chi connectivity index (χ3v) is 9.37. The van der Waals surface area contributed by atoms with Crippen molar-refractivity contribution in [2.24, 2.45) is 5.41 Å². The first-order chi connectivity index (χ1) is 19.1. The number of fused-ring (bicyclic) bond motifs is 8. The third kappa shape index (κ3) is 6.60. The van der Waals surface area contributed by atoms with Gasteiger partial charge in [-0.2, -0.15) is 0 Å². The zero-order valence-electron chi connectivity index (χ0n) is 24.3. The van der Waals surface area contributed by atoms with Crippen molar-refractivity contribution in [3.63, 3.8) is 0 Å². The van der Waals surface area contributed by atoms with Crippen LogP contribution in [0.15, 0.2) is 52.7 Å². The fourth-order valence-corrected chi connectivity index (χ4v) is 7.01. The van der Waals surface area contributed by atoms with E-state index in [4.69, 9.17) is 4.42 Å². The minimum absolute atomic E-state index is 0.0757. The number of aliphatic hydroxyl groups is 4. The van der Waals surface area contributed by atoms with Gasteiger partial charge in [-0.25, -0.2) is 0 Å². The monoisotopic (exact) mass is 553 g/mol. The summed E-state index contributed by atoms with van der Waals surface area (Å²) in [7, 11) is 0.